The van der Waals surface area contributed by atoms with Crippen molar-refractivity contribution in [2.24, 2.45) is 0 Å². The number of fused-ring (bicyclic) bond motifs is 3. The number of carboxylic acid groups (broad SMARTS) is 1. The highest BCUT2D eigenvalue weighted by Gasteiger charge is 2.23. The number of carbonyl (C=O) groups is 1. The molecule has 0 bridgehead atoms. The third-order valence-electron chi connectivity index (χ3n) is 3.54. The highest BCUT2D eigenvalue weighted by atomic mass is 32.1. The Morgan fingerprint density at radius 1 is 1.40 bits per heavy atom. The van der Waals surface area contributed by atoms with E-state index in [4.69, 9.17) is 10.2 Å². The zero-order valence-corrected chi connectivity index (χ0v) is 11.6. The van der Waals surface area contributed by atoms with Crippen molar-refractivity contribution in [2.75, 3.05) is 11.9 Å². The molecule has 0 fully saturated rings. The molecule has 0 saturated carbocycles. The average molecular weight is 293 g/mol. The number of thiophene rings is 1. The van der Waals surface area contributed by atoms with E-state index in [0.717, 1.165) is 29.5 Å². The molecule has 1 aliphatic carbocycles. The highest BCUT2D eigenvalue weighted by molar-refractivity contribution is 7.19. The van der Waals surface area contributed by atoms with Crippen LogP contribution in [0.15, 0.2) is 6.33 Å². The fourth-order valence-electron chi connectivity index (χ4n) is 2.55. The second kappa shape index (κ2) is 5.34. The van der Waals surface area contributed by atoms with Crippen LogP contribution in [0.5, 0.6) is 0 Å². The summed E-state index contributed by atoms with van der Waals surface area (Å²) < 4.78 is 0. The maximum absolute atomic E-state index is 11.0. The molecule has 3 rings (SSSR count). The van der Waals surface area contributed by atoms with Crippen molar-refractivity contribution in [3.8, 4) is 0 Å². The molecule has 0 aliphatic heterocycles. The van der Waals surface area contributed by atoms with Crippen LogP contribution < -0.4 is 5.32 Å². The van der Waals surface area contributed by atoms with Crippen molar-refractivity contribution in [1.29, 1.82) is 0 Å². The molecule has 7 heteroatoms. The summed E-state index contributed by atoms with van der Waals surface area (Å²) in [6.07, 6.45) is 5.79. The Hall–Kier alpha value is -1.73. The lowest BCUT2D eigenvalue weighted by atomic mass is 9.97. The van der Waals surface area contributed by atoms with E-state index in [1.54, 1.807) is 11.3 Å². The van der Waals surface area contributed by atoms with Gasteiger partial charge < -0.3 is 15.5 Å². The third-order valence-corrected chi connectivity index (χ3v) is 4.74. The molecule has 1 unspecified atom stereocenters. The lowest BCUT2D eigenvalue weighted by molar-refractivity contribution is -0.138. The topological polar surface area (TPSA) is 95.3 Å². The second-order valence-electron chi connectivity index (χ2n) is 4.83. The summed E-state index contributed by atoms with van der Waals surface area (Å²) in [5.41, 5.74) is 1.24. The van der Waals surface area contributed by atoms with Gasteiger partial charge in [-0.2, -0.15) is 0 Å². The van der Waals surface area contributed by atoms with E-state index in [-0.39, 0.29) is 0 Å². The van der Waals surface area contributed by atoms with Gasteiger partial charge in [0.1, 0.15) is 23.0 Å². The number of aliphatic hydroxyl groups excluding tert-OH is 1. The van der Waals surface area contributed by atoms with Crippen LogP contribution in [0.1, 0.15) is 23.3 Å². The van der Waals surface area contributed by atoms with Crippen molar-refractivity contribution in [3.05, 3.63) is 16.8 Å². The minimum absolute atomic E-state index is 0.479. The molecule has 0 aromatic carbocycles. The minimum Gasteiger partial charge on any atom is -0.480 e. The number of aromatic nitrogens is 2. The van der Waals surface area contributed by atoms with Crippen molar-refractivity contribution in [1.82, 2.24) is 9.97 Å². The van der Waals surface area contributed by atoms with Crippen LogP contribution in [0.2, 0.25) is 0 Å². The van der Waals surface area contributed by atoms with Crippen LogP contribution in [0.3, 0.4) is 0 Å². The van der Waals surface area contributed by atoms with Gasteiger partial charge in [-0.25, -0.2) is 14.8 Å². The number of hydrogen-bond acceptors (Lipinski definition) is 6. The number of aliphatic hydroxyl groups is 1. The molecule has 0 spiro atoms. The number of hydrogen-bond donors (Lipinski definition) is 3. The summed E-state index contributed by atoms with van der Waals surface area (Å²) in [5.74, 6) is -0.584. The summed E-state index contributed by atoms with van der Waals surface area (Å²) in [4.78, 5) is 21.7. The van der Waals surface area contributed by atoms with Crippen LogP contribution in [0, 0.1) is 0 Å². The summed E-state index contributed by atoms with van der Waals surface area (Å²) >= 11 is 1.66. The van der Waals surface area contributed by atoms with Crippen LogP contribution in [-0.4, -0.2) is 38.8 Å². The van der Waals surface area contributed by atoms with Gasteiger partial charge in [0.15, 0.2) is 0 Å². The number of nitrogens with one attached hydrogen (secondary N) is 1. The fourth-order valence-corrected chi connectivity index (χ4v) is 3.78. The van der Waals surface area contributed by atoms with Gasteiger partial charge in [-0.3, -0.25) is 0 Å². The molecule has 2 heterocycles. The van der Waals surface area contributed by atoms with Crippen molar-refractivity contribution >= 4 is 33.3 Å². The molecule has 1 atom stereocenters. The van der Waals surface area contributed by atoms with E-state index >= 15 is 0 Å². The molecule has 2 aromatic rings. The van der Waals surface area contributed by atoms with Gasteiger partial charge in [0.25, 0.3) is 0 Å². The fraction of sp³-hybridized carbons (Fsp3) is 0.462. The van der Waals surface area contributed by atoms with Crippen molar-refractivity contribution in [2.45, 2.75) is 31.7 Å². The summed E-state index contributed by atoms with van der Waals surface area (Å²) in [5, 5.41) is 21.9. The zero-order chi connectivity index (χ0) is 14.1. The summed E-state index contributed by atoms with van der Waals surface area (Å²) in [6.45, 7) is -0.479. The molecule has 3 N–H and O–H groups in total. The first-order valence-electron chi connectivity index (χ1n) is 6.56. The zero-order valence-electron chi connectivity index (χ0n) is 10.8. The summed E-state index contributed by atoms with van der Waals surface area (Å²) in [6, 6.07) is -1.05. The Morgan fingerprint density at radius 3 is 2.95 bits per heavy atom. The van der Waals surface area contributed by atoms with E-state index in [1.165, 1.54) is 23.2 Å². The van der Waals surface area contributed by atoms with Gasteiger partial charge in [0.05, 0.1) is 12.0 Å². The van der Waals surface area contributed by atoms with Gasteiger partial charge in [0, 0.05) is 4.88 Å². The SMILES string of the molecule is O=C(O)C(CO)Nc1ncnc2sc3c(c12)CCCC3. The van der Waals surface area contributed by atoms with Crippen molar-refractivity contribution < 1.29 is 15.0 Å². The predicted molar refractivity (Wildman–Crippen MR) is 76.2 cm³/mol. The van der Waals surface area contributed by atoms with Gasteiger partial charge >= 0.3 is 5.97 Å². The van der Waals surface area contributed by atoms with Crippen LogP contribution in [0.4, 0.5) is 5.82 Å². The number of rotatable bonds is 4. The number of carboxylic acids is 1. The van der Waals surface area contributed by atoms with Crippen LogP contribution >= 0.6 is 11.3 Å². The Kier molecular flexibility index (Phi) is 3.54. The highest BCUT2D eigenvalue weighted by Crippen LogP contribution is 2.38. The predicted octanol–water partition coefficient (Wildman–Crippen LogP) is 1.43. The molecule has 2 aromatic heterocycles. The number of nitrogens with zero attached hydrogens (tertiary/aromatic N) is 2. The molecule has 0 amide bonds. The maximum atomic E-state index is 11.0. The van der Waals surface area contributed by atoms with Crippen molar-refractivity contribution in [3.63, 3.8) is 0 Å². The van der Waals surface area contributed by atoms with Gasteiger partial charge in [-0.1, -0.05) is 0 Å². The Labute approximate surface area is 119 Å². The molecular weight excluding hydrogens is 278 g/mol. The van der Waals surface area contributed by atoms with E-state index in [2.05, 4.69) is 15.3 Å². The monoisotopic (exact) mass is 293 g/mol. The number of anilines is 1. The molecule has 6 nitrogen and oxygen atoms in total. The largest absolute Gasteiger partial charge is 0.480 e. The first-order valence-corrected chi connectivity index (χ1v) is 7.38. The maximum Gasteiger partial charge on any atom is 0.328 e. The Balaban J connectivity index is 2.06. The molecular formula is C13H15N3O3S. The van der Waals surface area contributed by atoms with Gasteiger partial charge in [-0.15, -0.1) is 11.3 Å². The number of aryl methyl sites for hydroxylation is 2. The Morgan fingerprint density at radius 2 is 2.20 bits per heavy atom. The summed E-state index contributed by atoms with van der Waals surface area (Å²) in [7, 11) is 0. The number of aliphatic carboxylic acids is 1. The van der Waals surface area contributed by atoms with Crippen LogP contribution in [-0.2, 0) is 17.6 Å². The van der Waals surface area contributed by atoms with E-state index < -0.39 is 18.6 Å². The smallest absolute Gasteiger partial charge is 0.328 e. The first-order chi connectivity index (χ1) is 9.70. The van der Waals surface area contributed by atoms with E-state index in [9.17, 15) is 4.79 Å². The quantitative estimate of drug-likeness (QED) is 0.789. The van der Waals surface area contributed by atoms with E-state index in [0.29, 0.717) is 5.82 Å². The Bertz CT molecular complexity index is 656. The lowest BCUT2D eigenvalue weighted by Crippen LogP contribution is -2.33. The normalized spacial score (nSPS) is 15.8. The lowest BCUT2D eigenvalue weighted by Gasteiger charge is -2.15. The standard InChI is InChI=1S/C13H15N3O3S/c17-5-8(13(18)19)16-11-10-7-3-1-2-4-9(7)20-12(10)15-6-14-11/h6,8,17H,1-5H2,(H,18,19)(H,14,15,16). The molecule has 1 aliphatic rings. The third kappa shape index (κ3) is 2.23. The average Bonchev–Trinajstić information content (AvgIpc) is 2.83. The first kappa shape index (κ1) is 13.3. The van der Waals surface area contributed by atoms with Crippen LogP contribution in [0.25, 0.3) is 10.2 Å². The van der Waals surface area contributed by atoms with E-state index in [1.807, 2.05) is 0 Å². The molecule has 106 valence electrons. The molecule has 0 saturated heterocycles. The molecule has 20 heavy (non-hydrogen) atoms. The minimum atomic E-state index is -1.09. The molecule has 0 radical (unpaired) electrons. The van der Waals surface area contributed by atoms with Gasteiger partial charge in [-0.05, 0) is 31.2 Å². The van der Waals surface area contributed by atoms with Gasteiger partial charge in [0.2, 0.25) is 0 Å². The second-order valence-corrected chi connectivity index (χ2v) is 5.91.